The zero-order chi connectivity index (χ0) is 19.7. The van der Waals surface area contributed by atoms with Gasteiger partial charge in [0, 0.05) is 31.1 Å². The maximum atomic E-state index is 13.1. The van der Waals surface area contributed by atoms with Crippen LogP contribution in [0.1, 0.15) is 43.4 Å². The van der Waals surface area contributed by atoms with E-state index in [1.54, 1.807) is 0 Å². The van der Waals surface area contributed by atoms with Gasteiger partial charge in [-0.1, -0.05) is 17.7 Å². The summed E-state index contributed by atoms with van der Waals surface area (Å²) in [5.74, 6) is -0.215. The molecule has 0 aliphatic carbocycles. The number of hydrogen-bond acceptors (Lipinski definition) is 4. The van der Waals surface area contributed by atoms with E-state index < -0.39 is 15.6 Å². The quantitative estimate of drug-likeness (QED) is 0.814. The lowest BCUT2D eigenvalue weighted by atomic mass is 9.95. The molecule has 2 rings (SSSR count). The van der Waals surface area contributed by atoms with Gasteiger partial charge >= 0.3 is 0 Å². The lowest BCUT2D eigenvalue weighted by molar-refractivity contribution is -0.127. The molecule has 0 saturated carbocycles. The molecule has 7 heteroatoms. The van der Waals surface area contributed by atoms with E-state index in [2.05, 4.69) is 5.32 Å². The van der Waals surface area contributed by atoms with E-state index in [-0.39, 0.29) is 11.8 Å². The molecule has 1 fully saturated rings. The minimum atomic E-state index is -3.55. The summed E-state index contributed by atoms with van der Waals surface area (Å²) in [6.07, 6.45) is 1.05. The van der Waals surface area contributed by atoms with Crippen LogP contribution in [0.25, 0.3) is 0 Å². The molecule has 3 N–H and O–H groups in total. The molecule has 6 nitrogen and oxygen atoms in total. The van der Waals surface area contributed by atoms with Crippen molar-refractivity contribution in [1.29, 1.82) is 0 Å². The molecular weight excluding hydrogens is 350 g/mol. The van der Waals surface area contributed by atoms with Crippen LogP contribution in [-0.4, -0.2) is 43.8 Å². The number of sulfonamides is 1. The lowest BCUT2D eigenvalue weighted by Gasteiger charge is -2.33. The summed E-state index contributed by atoms with van der Waals surface area (Å²) < 4.78 is 27.7. The Morgan fingerprint density at radius 3 is 2.15 bits per heavy atom. The van der Waals surface area contributed by atoms with Gasteiger partial charge in [-0.2, -0.15) is 4.31 Å². The molecule has 1 aromatic carbocycles. The molecule has 0 unspecified atom stereocenters. The minimum absolute atomic E-state index is 0.0415. The number of rotatable bonds is 5. The Kier molecular flexibility index (Phi) is 6.15. The highest BCUT2D eigenvalue weighted by Gasteiger charge is 2.34. The van der Waals surface area contributed by atoms with Gasteiger partial charge in [-0.25, -0.2) is 8.42 Å². The van der Waals surface area contributed by atoms with E-state index in [9.17, 15) is 13.2 Å². The third-order valence-corrected chi connectivity index (χ3v) is 7.20. The molecule has 1 aromatic rings. The standard InChI is InChI=1S/C19H31N3O3S/c1-13-10-14(2)17(15(3)11-13)26(24,25)22-8-6-16(7-9-22)18(23)21-19(4,5)12-20/h10-11,16H,6-9,12,20H2,1-5H3,(H,21,23). The number of nitrogens with two attached hydrogens (primary N) is 1. The molecule has 1 aliphatic rings. The van der Waals surface area contributed by atoms with Crippen molar-refractivity contribution in [1.82, 2.24) is 9.62 Å². The number of carbonyl (C=O) groups excluding carboxylic acids is 1. The Labute approximate surface area is 157 Å². The number of benzene rings is 1. The third-order valence-electron chi connectivity index (χ3n) is 5.00. The molecule has 0 radical (unpaired) electrons. The van der Waals surface area contributed by atoms with Crippen molar-refractivity contribution in [2.75, 3.05) is 19.6 Å². The summed E-state index contributed by atoms with van der Waals surface area (Å²) in [5.41, 5.74) is 7.81. The summed E-state index contributed by atoms with van der Waals surface area (Å²) in [4.78, 5) is 12.8. The van der Waals surface area contributed by atoms with Gasteiger partial charge in [0.15, 0.2) is 0 Å². The molecule has 0 atom stereocenters. The van der Waals surface area contributed by atoms with Crippen LogP contribution in [0.2, 0.25) is 0 Å². The van der Waals surface area contributed by atoms with Gasteiger partial charge in [-0.3, -0.25) is 4.79 Å². The number of nitrogens with one attached hydrogen (secondary N) is 1. The van der Waals surface area contributed by atoms with Gasteiger partial charge in [0.05, 0.1) is 4.90 Å². The summed E-state index contributed by atoms with van der Waals surface area (Å²) >= 11 is 0. The van der Waals surface area contributed by atoms with Crippen LogP contribution < -0.4 is 11.1 Å². The number of aryl methyl sites for hydroxylation is 3. The Hall–Kier alpha value is -1.44. The Morgan fingerprint density at radius 2 is 1.69 bits per heavy atom. The molecule has 1 heterocycles. The maximum Gasteiger partial charge on any atom is 0.243 e. The Balaban J connectivity index is 2.11. The van der Waals surface area contributed by atoms with E-state index in [1.807, 2.05) is 46.8 Å². The van der Waals surface area contributed by atoms with Gasteiger partial charge in [-0.05, 0) is 58.6 Å². The molecule has 146 valence electrons. The van der Waals surface area contributed by atoms with Crippen molar-refractivity contribution in [2.24, 2.45) is 11.7 Å². The van der Waals surface area contributed by atoms with E-state index in [4.69, 9.17) is 5.73 Å². The van der Waals surface area contributed by atoms with Gasteiger partial charge < -0.3 is 11.1 Å². The van der Waals surface area contributed by atoms with Gasteiger partial charge in [0.1, 0.15) is 0 Å². The summed E-state index contributed by atoms with van der Waals surface area (Å²) in [5, 5.41) is 2.95. The summed E-state index contributed by atoms with van der Waals surface area (Å²) in [7, 11) is -3.55. The van der Waals surface area contributed by atoms with E-state index in [0.29, 0.717) is 37.4 Å². The number of carbonyl (C=O) groups is 1. The van der Waals surface area contributed by atoms with Crippen molar-refractivity contribution < 1.29 is 13.2 Å². The van der Waals surface area contributed by atoms with Crippen LogP contribution in [0.3, 0.4) is 0 Å². The highest BCUT2D eigenvalue weighted by molar-refractivity contribution is 7.89. The summed E-state index contributed by atoms with van der Waals surface area (Å²) in [6, 6.07) is 3.80. The normalized spacial score (nSPS) is 17.3. The molecule has 26 heavy (non-hydrogen) atoms. The van der Waals surface area contributed by atoms with Crippen LogP contribution in [0, 0.1) is 26.7 Å². The molecule has 1 saturated heterocycles. The van der Waals surface area contributed by atoms with E-state index in [1.165, 1.54) is 4.31 Å². The predicted molar refractivity (Wildman–Crippen MR) is 103 cm³/mol. The summed E-state index contributed by atoms with van der Waals surface area (Å²) in [6.45, 7) is 10.5. The highest BCUT2D eigenvalue weighted by atomic mass is 32.2. The minimum Gasteiger partial charge on any atom is -0.350 e. The first kappa shape index (κ1) is 20.9. The first-order valence-electron chi connectivity index (χ1n) is 9.08. The van der Waals surface area contributed by atoms with Crippen LogP contribution >= 0.6 is 0 Å². The molecule has 1 aliphatic heterocycles. The van der Waals surface area contributed by atoms with Crippen LogP contribution in [0.4, 0.5) is 0 Å². The lowest BCUT2D eigenvalue weighted by Crippen LogP contribution is -2.52. The fourth-order valence-electron chi connectivity index (χ4n) is 3.55. The molecule has 0 aromatic heterocycles. The fourth-order valence-corrected chi connectivity index (χ4v) is 5.43. The topological polar surface area (TPSA) is 92.5 Å². The maximum absolute atomic E-state index is 13.1. The van der Waals surface area contributed by atoms with Crippen LogP contribution in [-0.2, 0) is 14.8 Å². The first-order valence-corrected chi connectivity index (χ1v) is 10.5. The second kappa shape index (κ2) is 7.66. The third kappa shape index (κ3) is 4.45. The SMILES string of the molecule is Cc1cc(C)c(S(=O)(=O)N2CCC(C(=O)NC(C)(C)CN)CC2)c(C)c1. The van der Waals surface area contributed by atoms with Gasteiger partial charge in [0.2, 0.25) is 15.9 Å². The van der Waals surface area contributed by atoms with Crippen LogP contribution in [0.5, 0.6) is 0 Å². The van der Waals surface area contributed by atoms with E-state index in [0.717, 1.165) is 16.7 Å². The average Bonchev–Trinajstić information content (AvgIpc) is 2.53. The van der Waals surface area contributed by atoms with Crippen LogP contribution in [0.15, 0.2) is 17.0 Å². The van der Waals surface area contributed by atoms with Crippen molar-refractivity contribution in [3.8, 4) is 0 Å². The fraction of sp³-hybridized carbons (Fsp3) is 0.632. The zero-order valence-corrected chi connectivity index (χ0v) is 17.2. The smallest absolute Gasteiger partial charge is 0.243 e. The number of hydrogen-bond donors (Lipinski definition) is 2. The Morgan fingerprint density at radius 1 is 1.19 bits per heavy atom. The van der Waals surface area contributed by atoms with Crippen molar-refractivity contribution >= 4 is 15.9 Å². The molecule has 1 amide bonds. The average molecular weight is 382 g/mol. The number of amides is 1. The Bertz CT molecular complexity index is 756. The predicted octanol–water partition coefficient (Wildman–Crippen LogP) is 1.87. The largest absolute Gasteiger partial charge is 0.350 e. The number of nitrogens with zero attached hydrogens (tertiary/aromatic N) is 1. The van der Waals surface area contributed by atoms with Crippen molar-refractivity contribution in [3.63, 3.8) is 0 Å². The zero-order valence-electron chi connectivity index (χ0n) is 16.4. The first-order chi connectivity index (χ1) is 12.0. The van der Waals surface area contributed by atoms with Crippen molar-refractivity contribution in [2.45, 2.75) is 57.9 Å². The molecule has 0 spiro atoms. The second-order valence-electron chi connectivity index (χ2n) is 7.98. The van der Waals surface area contributed by atoms with Gasteiger partial charge in [0.25, 0.3) is 0 Å². The van der Waals surface area contributed by atoms with Crippen molar-refractivity contribution in [3.05, 3.63) is 28.8 Å². The molecular formula is C19H31N3O3S. The highest BCUT2D eigenvalue weighted by Crippen LogP contribution is 2.29. The number of piperidine rings is 1. The van der Waals surface area contributed by atoms with Gasteiger partial charge in [-0.15, -0.1) is 0 Å². The monoisotopic (exact) mass is 381 g/mol. The molecule has 0 bridgehead atoms. The van der Waals surface area contributed by atoms with E-state index >= 15 is 0 Å². The second-order valence-corrected chi connectivity index (χ2v) is 9.86.